The third-order valence-electron chi connectivity index (χ3n) is 4.87. The number of hydrogen-bond donors (Lipinski definition) is 0. The Hall–Kier alpha value is -2.54. The van der Waals surface area contributed by atoms with Crippen LogP contribution in [0.25, 0.3) is 11.1 Å². The van der Waals surface area contributed by atoms with E-state index >= 15 is 0 Å². The zero-order chi connectivity index (χ0) is 18.3. The van der Waals surface area contributed by atoms with Crippen molar-refractivity contribution >= 4 is 34.6 Å². The monoisotopic (exact) mass is 373 g/mol. The second-order valence-corrected chi connectivity index (χ2v) is 7.05. The average molecular weight is 374 g/mol. The smallest absolute Gasteiger partial charge is 0.298 e. The highest BCUT2D eigenvalue weighted by molar-refractivity contribution is 6.31. The molecule has 0 atom stereocenters. The SMILES string of the molecule is CN(C(=O)c1ccn(C)n1)C1CCN(c2nc3ccc(Cl)cc3o2)CC1. The number of nitrogens with zero attached hydrogens (tertiary/aromatic N) is 5. The van der Waals surface area contributed by atoms with Gasteiger partial charge in [-0.25, -0.2) is 0 Å². The van der Waals surface area contributed by atoms with Gasteiger partial charge in [0, 0.05) is 50.5 Å². The summed E-state index contributed by atoms with van der Waals surface area (Å²) in [6.45, 7) is 1.57. The van der Waals surface area contributed by atoms with Gasteiger partial charge in [0.1, 0.15) is 11.2 Å². The summed E-state index contributed by atoms with van der Waals surface area (Å²) in [6.07, 6.45) is 3.49. The zero-order valence-electron chi connectivity index (χ0n) is 14.7. The molecule has 1 aliphatic heterocycles. The van der Waals surface area contributed by atoms with Crippen LogP contribution in [0.15, 0.2) is 34.9 Å². The number of amides is 1. The van der Waals surface area contributed by atoms with Gasteiger partial charge in [-0.05, 0) is 31.0 Å². The summed E-state index contributed by atoms with van der Waals surface area (Å²) in [5.74, 6) is -0.0412. The zero-order valence-corrected chi connectivity index (χ0v) is 15.5. The molecule has 1 saturated heterocycles. The number of fused-ring (bicyclic) bond motifs is 1. The lowest BCUT2D eigenvalue weighted by molar-refractivity contribution is 0.0701. The molecule has 4 rings (SSSR count). The van der Waals surface area contributed by atoms with Gasteiger partial charge in [0.05, 0.1) is 0 Å². The number of benzene rings is 1. The highest BCUT2D eigenvalue weighted by atomic mass is 35.5. The third-order valence-corrected chi connectivity index (χ3v) is 5.11. The Morgan fingerprint density at radius 2 is 2.08 bits per heavy atom. The number of piperidine rings is 1. The summed E-state index contributed by atoms with van der Waals surface area (Å²) in [4.78, 5) is 21.0. The first-order chi connectivity index (χ1) is 12.5. The number of anilines is 1. The van der Waals surface area contributed by atoms with Gasteiger partial charge in [0.15, 0.2) is 5.58 Å². The normalized spacial score (nSPS) is 15.6. The van der Waals surface area contributed by atoms with Gasteiger partial charge in [0.25, 0.3) is 11.9 Å². The highest BCUT2D eigenvalue weighted by Gasteiger charge is 2.28. The first-order valence-electron chi connectivity index (χ1n) is 8.59. The quantitative estimate of drug-likeness (QED) is 0.706. The van der Waals surface area contributed by atoms with E-state index in [4.69, 9.17) is 16.0 Å². The van der Waals surface area contributed by atoms with Crippen molar-refractivity contribution in [3.63, 3.8) is 0 Å². The molecule has 0 radical (unpaired) electrons. The van der Waals surface area contributed by atoms with Crippen LogP contribution in [0.4, 0.5) is 6.01 Å². The number of halogens is 1. The molecule has 7 nitrogen and oxygen atoms in total. The molecule has 136 valence electrons. The van der Waals surface area contributed by atoms with Crippen LogP contribution in [-0.4, -0.2) is 51.8 Å². The molecule has 0 saturated carbocycles. The van der Waals surface area contributed by atoms with E-state index in [1.54, 1.807) is 34.0 Å². The molecule has 1 aromatic carbocycles. The Morgan fingerprint density at radius 1 is 1.31 bits per heavy atom. The number of aromatic nitrogens is 3. The van der Waals surface area contributed by atoms with Crippen molar-refractivity contribution in [2.45, 2.75) is 18.9 Å². The van der Waals surface area contributed by atoms with Crippen molar-refractivity contribution in [3.8, 4) is 0 Å². The predicted molar refractivity (Wildman–Crippen MR) is 99.6 cm³/mol. The minimum atomic E-state index is -0.0412. The van der Waals surface area contributed by atoms with E-state index in [0.717, 1.165) is 31.4 Å². The van der Waals surface area contributed by atoms with Crippen molar-refractivity contribution < 1.29 is 9.21 Å². The molecule has 26 heavy (non-hydrogen) atoms. The van der Waals surface area contributed by atoms with Crippen molar-refractivity contribution in [3.05, 3.63) is 41.2 Å². The lowest BCUT2D eigenvalue weighted by Crippen LogP contribution is -2.45. The Balaban J connectivity index is 1.42. The summed E-state index contributed by atoms with van der Waals surface area (Å²) in [5, 5.41) is 4.83. The van der Waals surface area contributed by atoms with Crippen molar-refractivity contribution in [2.75, 3.05) is 25.0 Å². The van der Waals surface area contributed by atoms with E-state index in [2.05, 4.69) is 15.0 Å². The molecule has 0 N–H and O–H groups in total. The van der Waals surface area contributed by atoms with Crippen LogP contribution in [-0.2, 0) is 7.05 Å². The number of rotatable bonds is 3. The average Bonchev–Trinajstić information content (AvgIpc) is 3.26. The molecule has 0 spiro atoms. The molecule has 0 unspecified atom stereocenters. The van der Waals surface area contributed by atoms with Crippen molar-refractivity contribution in [1.29, 1.82) is 0 Å². The number of aryl methyl sites for hydroxylation is 1. The summed E-state index contributed by atoms with van der Waals surface area (Å²) < 4.78 is 7.48. The molecule has 2 aromatic heterocycles. The fourth-order valence-corrected chi connectivity index (χ4v) is 3.50. The topological polar surface area (TPSA) is 67.4 Å². The maximum Gasteiger partial charge on any atom is 0.298 e. The van der Waals surface area contributed by atoms with Gasteiger partial charge in [0.2, 0.25) is 0 Å². The van der Waals surface area contributed by atoms with Gasteiger partial charge >= 0.3 is 0 Å². The Bertz CT molecular complexity index is 942. The number of carbonyl (C=O) groups is 1. The van der Waals surface area contributed by atoms with Gasteiger partial charge in [-0.2, -0.15) is 10.1 Å². The molecule has 0 aliphatic carbocycles. The van der Waals surface area contributed by atoms with Crippen LogP contribution < -0.4 is 4.90 Å². The van der Waals surface area contributed by atoms with Gasteiger partial charge in [-0.3, -0.25) is 9.48 Å². The van der Waals surface area contributed by atoms with Gasteiger partial charge < -0.3 is 14.2 Å². The molecule has 0 bridgehead atoms. The summed E-state index contributed by atoms with van der Waals surface area (Å²) in [7, 11) is 3.65. The molecule has 1 aliphatic rings. The second-order valence-electron chi connectivity index (χ2n) is 6.62. The van der Waals surface area contributed by atoms with Crippen molar-refractivity contribution in [1.82, 2.24) is 19.7 Å². The van der Waals surface area contributed by atoms with Gasteiger partial charge in [-0.1, -0.05) is 11.6 Å². The van der Waals surface area contributed by atoms with E-state index in [9.17, 15) is 4.79 Å². The lowest BCUT2D eigenvalue weighted by atomic mass is 10.0. The van der Waals surface area contributed by atoms with E-state index in [1.807, 2.05) is 20.2 Å². The van der Waals surface area contributed by atoms with Crippen LogP contribution in [0.2, 0.25) is 5.02 Å². The summed E-state index contributed by atoms with van der Waals surface area (Å²) in [6, 6.07) is 7.98. The van der Waals surface area contributed by atoms with E-state index in [1.165, 1.54) is 0 Å². The van der Waals surface area contributed by atoms with Crippen LogP contribution in [0.5, 0.6) is 0 Å². The number of hydrogen-bond acceptors (Lipinski definition) is 5. The first kappa shape index (κ1) is 16.9. The second kappa shape index (κ2) is 6.64. The number of oxazole rings is 1. The minimum absolute atomic E-state index is 0.0412. The Labute approximate surface area is 156 Å². The standard InChI is InChI=1S/C18H20ClN5O2/c1-22-8-7-15(21-22)17(25)23(2)13-5-9-24(10-6-13)18-20-14-4-3-12(19)11-16(14)26-18/h3-4,7-8,11,13H,5-6,9-10H2,1-2H3. The molecule has 8 heteroatoms. The maximum absolute atomic E-state index is 12.6. The van der Waals surface area contributed by atoms with E-state index < -0.39 is 0 Å². The molecule has 3 aromatic rings. The molecule has 3 heterocycles. The largest absolute Gasteiger partial charge is 0.423 e. The molecular weight excluding hydrogens is 354 g/mol. The summed E-state index contributed by atoms with van der Waals surface area (Å²) in [5.41, 5.74) is 1.97. The number of carbonyl (C=O) groups excluding carboxylic acids is 1. The van der Waals surface area contributed by atoms with Crippen LogP contribution in [0, 0.1) is 0 Å². The van der Waals surface area contributed by atoms with Crippen LogP contribution in [0.3, 0.4) is 0 Å². The van der Waals surface area contributed by atoms with Gasteiger partial charge in [-0.15, -0.1) is 0 Å². The third kappa shape index (κ3) is 3.14. The highest BCUT2D eigenvalue weighted by Crippen LogP contribution is 2.27. The lowest BCUT2D eigenvalue weighted by Gasteiger charge is -2.35. The molecular formula is C18H20ClN5O2. The van der Waals surface area contributed by atoms with Crippen molar-refractivity contribution in [2.24, 2.45) is 7.05 Å². The fraction of sp³-hybridized carbons (Fsp3) is 0.389. The molecule has 1 amide bonds. The van der Waals surface area contributed by atoms with E-state index in [0.29, 0.717) is 22.3 Å². The van der Waals surface area contributed by atoms with E-state index in [-0.39, 0.29) is 11.9 Å². The minimum Gasteiger partial charge on any atom is -0.423 e. The van der Waals surface area contributed by atoms with Crippen LogP contribution >= 0.6 is 11.6 Å². The Morgan fingerprint density at radius 3 is 2.77 bits per heavy atom. The molecule has 1 fully saturated rings. The first-order valence-corrected chi connectivity index (χ1v) is 8.97. The Kier molecular flexibility index (Phi) is 4.32. The predicted octanol–water partition coefficient (Wildman–Crippen LogP) is 2.96. The maximum atomic E-state index is 12.6. The summed E-state index contributed by atoms with van der Waals surface area (Å²) >= 11 is 6.00. The fourth-order valence-electron chi connectivity index (χ4n) is 3.34. The van der Waals surface area contributed by atoms with Crippen LogP contribution in [0.1, 0.15) is 23.3 Å².